The van der Waals surface area contributed by atoms with Gasteiger partial charge in [0.15, 0.2) is 0 Å². The van der Waals surface area contributed by atoms with Crippen LogP contribution in [-0.4, -0.2) is 36.9 Å². The summed E-state index contributed by atoms with van der Waals surface area (Å²) in [4.78, 5) is 12.1. The molecule has 0 heterocycles. The first-order valence-electron chi connectivity index (χ1n) is 5.97. The predicted octanol–water partition coefficient (Wildman–Crippen LogP) is 1.08. The number of aliphatic hydroxyl groups is 1. The van der Waals surface area contributed by atoms with Crippen LogP contribution in [0.4, 0.5) is 0 Å². The van der Waals surface area contributed by atoms with Gasteiger partial charge in [-0.1, -0.05) is 6.07 Å². The third-order valence-electron chi connectivity index (χ3n) is 2.80. The number of rotatable bonds is 6. The minimum atomic E-state index is -0.636. The SMILES string of the molecule is COCC(C)(CCO)NC(=O)c1cccc(C#N)c1. The Morgan fingerprint density at radius 1 is 1.58 bits per heavy atom. The highest BCUT2D eigenvalue weighted by Crippen LogP contribution is 2.12. The second-order valence-electron chi connectivity index (χ2n) is 4.61. The Morgan fingerprint density at radius 2 is 2.32 bits per heavy atom. The molecule has 1 rings (SSSR count). The minimum absolute atomic E-state index is 0.0433. The van der Waals surface area contributed by atoms with Crippen molar-refractivity contribution in [2.75, 3.05) is 20.3 Å². The van der Waals surface area contributed by atoms with Crippen LogP contribution in [0.25, 0.3) is 0 Å². The molecule has 19 heavy (non-hydrogen) atoms. The molecule has 102 valence electrons. The average molecular weight is 262 g/mol. The van der Waals surface area contributed by atoms with E-state index < -0.39 is 5.54 Å². The molecular weight excluding hydrogens is 244 g/mol. The first-order valence-corrected chi connectivity index (χ1v) is 5.97. The molecule has 0 saturated heterocycles. The molecule has 0 fully saturated rings. The van der Waals surface area contributed by atoms with Crippen molar-refractivity contribution in [2.24, 2.45) is 0 Å². The van der Waals surface area contributed by atoms with Gasteiger partial charge in [-0.15, -0.1) is 0 Å². The number of nitrogens with zero attached hydrogens (tertiary/aromatic N) is 1. The maximum absolute atomic E-state index is 12.1. The van der Waals surface area contributed by atoms with Gasteiger partial charge in [-0.2, -0.15) is 5.26 Å². The lowest BCUT2D eigenvalue weighted by atomic mass is 9.98. The summed E-state index contributed by atoms with van der Waals surface area (Å²) in [5, 5.41) is 20.7. The summed E-state index contributed by atoms with van der Waals surface area (Å²) < 4.78 is 5.06. The first-order chi connectivity index (χ1) is 9.04. The highest BCUT2D eigenvalue weighted by Gasteiger charge is 2.26. The number of nitriles is 1. The van der Waals surface area contributed by atoms with E-state index in [4.69, 9.17) is 15.1 Å². The van der Waals surface area contributed by atoms with Crippen molar-refractivity contribution < 1.29 is 14.6 Å². The predicted molar refractivity (Wildman–Crippen MR) is 70.6 cm³/mol. The van der Waals surface area contributed by atoms with Crippen molar-refractivity contribution in [3.8, 4) is 6.07 Å². The number of methoxy groups -OCH3 is 1. The number of ether oxygens (including phenoxy) is 1. The topological polar surface area (TPSA) is 82.3 Å². The van der Waals surface area contributed by atoms with Crippen LogP contribution < -0.4 is 5.32 Å². The van der Waals surface area contributed by atoms with Gasteiger partial charge in [0.25, 0.3) is 5.91 Å². The van der Waals surface area contributed by atoms with Crippen molar-refractivity contribution >= 4 is 5.91 Å². The molecule has 0 spiro atoms. The van der Waals surface area contributed by atoms with Crippen LogP contribution in [0.15, 0.2) is 24.3 Å². The molecule has 1 aromatic rings. The zero-order valence-electron chi connectivity index (χ0n) is 11.1. The number of amides is 1. The van der Waals surface area contributed by atoms with Crippen molar-refractivity contribution in [3.63, 3.8) is 0 Å². The number of hydrogen-bond acceptors (Lipinski definition) is 4. The maximum atomic E-state index is 12.1. The zero-order valence-corrected chi connectivity index (χ0v) is 11.1. The van der Waals surface area contributed by atoms with Crippen LogP contribution in [0.5, 0.6) is 0 Å². The Balaban J connectivity index is 2.84. The van der Waals surface area contributed by atoms with Gasteiger partial charge in [-0.25, -0.2) is 0 Å². The van der Waals surface area contributed by atoms with Gasteiger partial charge < -0.3 is 15.2 Å². The molecular formula is C14H18N2O3. The highest BCUT2D eigenvalue weighted by molar-refractivity contribution is 5.95. The van der Waals surface area contributed by atoms with E-state index in [0.29, 0.717) is 24.2 Å². The molecule has 1 unspecified atom stereocenters. The van der Waals surface area contributed by atoms with Crippen molar-refractivity contribution in [2.45, 2.75) is 18.9 Å². The second-order valence-corrected chi connectivity index (χ2v) is 4.61. The lowest BCUT2D eigenvalue weighted by Gasteiger charge is -2.29. The Labute approximate surface area is 112 Å². The molecule has 5 heteroatoms. The standard InChI is InChI=1S/C14H18N2O3/c1-14(6-7-17,10-19-2)16-13(18)12-5-3-4-11(8-12)9-15/h3-5,8,17H,6-7,10H2,1-2H3,(H,16,18). The molecule has 0 bridgehead atoms. The highest BCUT2D eigenvalue weighted by atomic mass is 16.5. The fourth-order valence-electron chi connectivity index (χ4n) is 1.81. The summed E-state index contributed by atoms with van der Waals surface area (Å²) in [6.07, 6.45) is 0.393. The number of carbonyl (C=O) groups is 1. The molecule has 2 N–H and O–H groups in total. The monoisotopic (exact) mass is 262 g/mol. The van der Waals surface area contributed by atoms with Gasteiger partial charge in [-0.05, 0) is 31.5 Å². The fourth-order valence-corrected chi connectivity index (χ4v) is 1.81. The van der Waals surface area contributed by atoms with Crippen LogP contribution in [0.2, 0.25) is 0 Å². The third-order valence-corrected chi connectivity index (χ3v) is 2.80. The van der Waals surface area contributed by atoms with Gasteiger partial charge in [-0.3, -0.25) is 4.79 Å². The lowest BCUT2D eigenvalue weighted by Crippen LogP contribution is -2.50. The summed E-state index contributed by atoms with van der Waals surface area (Å²) in [5.41, 5.74) is 0.214. The second kappa shape index (κ2) is 6.88. The van der Waals surface area contributed by atoms with Gasteiger partial charge in [0.1, 0.15) is 0 Å². The van der Waals surface area contributed by atoms with E-state index >= 15 is 0 Å². The molecule has 0 aliphatic carbocycles. The van der Waals surface area contributed by atoms with Gasteiger partial charge in [0.2, 0.25) is 0 Å². The lowest BCUT2D eigenvalue weighted by molar-refractivity contribution is 0.0725. The summed E-state index contributed by atoms with van der Waals surface area (Å²) in [6, 6.07) is 8.46. The van der Waals surface area contributed by atoms with E-state index in [1.807, 2.05) is 6.07 Å². The zero-order chi connectivity index (χ0) is 14.3. The first kappa shape index (κ1) is 15.2. The van der Waals surface area contributed by atoms with E-state index in [-0.39, 0.29) is 12.5 Å². The van der Waals surface area contributed by atoms with E-state index in [9.17, 15) is 4.79 Å². The third kappa shape index (κ3) is 4.36. The quantitative estimate of drug-likeness (QED) is 0.803. The van der Waals surface area contributed by atoms with Crippen LogP contribution in [0.3, 0.4) is 0 Å². The van der Waals surface area contributed by atoms with Crippen LogP contribution in [0.1, 0.15) is 29.3 Å². The Bertz CT molecular complexity index is 474. The van der Waals surface area contributed by atoms with Crippen LogP contribution >= 0.6 is 0 Å². The summed E-state index contributed by atoms with van der Waals surface area (Å²) >= 11 is 0. The van der Waals surface area contributed by atoms with E-state index in [1.54, 1.807) is 25.1 Å². The average Bonchev–Trinajstić information content (AvgIpc) is 2.39. The molecule has 0 aliphatic heterocycles. The smallest absolute Gasteiger partial charge is 0.251 e. The number of carbonyl (C=O) groups excluding carboxylic acids is 1. The van der Waals surface area contributed by atoms with Crippen molar-refractivity contribution in [1.29, 1.82) is 5.26 Å². The van der Waals surface area contributed by atoms with E-state index in [2.05, 4.69) is 5.32 Å². The minimum Gasteiger partial charge on any atom is -0.396 e. The maximum Gasteiger partial charge on any atom is 0.251 e. The molecule has 1 amide bonds. The van der Waals surface area contributed by atoms with Crippen molar-refractivity contribution in [1.82, 2.24) is 5.32 Å². The van der Waals surface area contributed by atoms with E-state index in [0.717, 1.165) is 0 Å². The van der Waals surface area contributed by atoms with Crippen molar-refractivity contribution in [3.05, 3.63) is 35.4 Å². The summed E-state index contributed by atoms with van der Waals surface area (Å²) in [5.74, 6) is -0.287. The fraction of sp³-hybridized carbons (Fsp3) is 0.429. The normalized spacial score (nSPS) is 13.4. The Kier molecular flexibility index (Phi) is 5.49. The number of benzene rings is 1. The number of nitrogens with one attached hydrogen (secondary N) is 1. The van der Waals surface area contributed by atoms with Gasteiger partial charge in [0, 0.05) is 19.3 Å². The Morgan fingerprint density at radius 3 is 2.89 bits per heavy atom. The van der Waals surface area contributed by atoms with Gasteiger partial charge >= 0.3 is 0 Å². The van der Waals surface area contributed by atoms with E-state index in [1.165, 1.54) is 13.2 Å². The largest absolute Gasteiger partial charge is 0.396 e. The molecule has 0 radical (unpaired) electrons. The number of hydrogen-bond donors (Lipinski definition) is 2. The molecule has 0 saturated carbocycles. The summed E-state index contributed by atoms with van der Waals surface area (Å²) in [7, 11) is 1.54. The molecule has 1 atom stereocenters. The summed E-state index contributed by atoms with van der Waals surface area (Å²) in [6.45, 7) is 2.06. The van der Waals surface area contributed by atoms with Gasteiger partial charge in [0.05, 0.1) is 23.8 Å². The molecule has 1 aromatic carbocycles. The van der Waals surface area contributed by atoms with Crippen LogP contribution in [0, 0.1) is 11.3 Å². The number of aliphatic hydroxyl groups excluding tert-OH is 1. The molecule has 5 nitrogen and oxygen atoms in total. The Hall–Kier alpha value is -1.90. The molecule has 0 aliphatic rings. The molecule has 0 aromatic heterocycles. The van der Waals surface area contributed by atoms with Crippen LogP contribution in [-0.2, 0) is 4.74 Å².